The Hall–Kier alpha value is -2.24. The molecule has 6 heteroatoms. The number of hydrogen-bond acceptors (Lipinski definition) is 3. The Morgan fingerprint density at radius 2 is 1.69 bits per heavy atom. The van der Waals surface area contributed by atoms with Crippen LogP contribution in [-0.2, 0) is 20.8 Å². The van der Waals surface area contributed by atoms with E-state index in [1.54, 1.807) is 12.1 Å². The Morgan fingerprint density at radius 1 is 1.08 bits per heavy atom. The lowest BCUT2D eigenvalue weighted by Crippen LogP contribution is -2.42. The summed E-state index contributed by atoms with van der Waals surface area (Å²) >= 11 is 0. The van der Waals surface area contributed by atoms with Crippen LogP contribution in [0.1, 0.15) is 50.5 Å². The maximum Gasteiger partial charge on any atom is 0.229 e. The molecule has 1 saturated carbocycles. The van der Waals surface area contributed by atoms with Crippen molar-refractivity contribution in [3.05, 3.63) is 35.6 Å². The van der Waals surface area contributed by atoms with Crippen molar-refractivity contribution in [1.82, 2.24) is 9.80 Å². The second kappa shape index (κ2) is 8.43. The molecule has 3 amide bonds. The molecule has 0 spiro atoms. The molecule has 5 nitrogen and oxygen atoms in total. The molecule has 140 valence electrons. The molecule has 1 aromatic carbocycles. The summed E-state index contributed by atoms with van der Waals surface area (Å²) in [5.41, 5.74) is 0.993. The van der Waals surface area contributed by atoms with Gasteiger partial charge in [0.2, 0.25) is 17.7 Å². The molecule has 0 bridgehead atoms. The van der Waals surface area contributed by atoms with Crippen molar-refractivity contribution in [3.8, 4) is 0 Å². The number of carbonyl (C=O) groups excluding carboxylic acids is 3. The Bertz CT molecular complexity index is 652. The molecule has 0 unspecified atom stereocenters. The van der Waals surface area contributed by atoms with Crippen molar-refractivity contribution >= 4 is 17.7 Å². The Labute approximate surface area is 153 Å². The van der Waals surface area contributed by atoms with Gasteiger partial charge in [-0.3, -0.25) is 19.3 Å². The van der Waals surface area contributed by atoms with Gasteiger partial charge < -0.3 is 4.90 Å². The van der Waals surface area contributed by atoms with Crippen LogP contribution in [-0.4, -0.2) is 46.7 Å². The highest BCUT2D eigenvalue weighted by Crippen LogP contribution is 2.25. The van der Waals surface area contributed by atoms with Crippen LogP contribution in [0.2, 0.25) is 0 Å². The van der Waals surface area contributed by atoms with Crippen molar-refractivity contribution in [1.29, 1.82) is 0 Å². The number of halogens is 1. The fourth-order valence-corrected chi connectivity index (χ4v) is 3.85. The van der Waals surface area contributed by atoms with E-state index in [0.29, 0.717) is 13.0 Å². The van der Waals surface area contributed by atoms with Crippen LogP contribution < -0.4 is 0 Å². The highest BCUT2D eigenvalue weighted by Gasteiger charge is 2.31. The second-order valence-corrected chi connectivity index (χ2v) is 7.09. The van der Waals surface area contributed by atoms with Gasteiger partial charge in [-0.25, -0.2) is 4.39 Å². The number of nitrogens with zero attached hydrogens (tertiary/aromatic N) is 2. The van der Waals surface area contributed by atoms with Gasteiger partial charge in [-0.15, -0.1) is 0 Å². The monoisotopic (exact) mass is 360 g/mol. The van der Waals surface area contributed by atoms with Gasteiger partial charge in [0, 0.05) is 38.4 Å². The highest BCUT2D eigenvalue weighted by atomic mass is 19.1. The summed E-state index contributed by atoms with van der Waals surface area (Å²) in [5, 5.41) is 0. The van der Waals surface area contributed by atoms with Crippen LogP contribution in [0.3, 0.4) is 0 Å². The van der Waals surface area contributed by atoms with Crippen molar-refractivity contribution < 1.29 is 18.8 Å². The first-order valence-electron chi connectivity index (χ1n) is 9.41. The highest BCUT2D eigenvalue weighted by molar-refractivity contribution is 6.02. The average molecular weight is 360 g/mol. The minimum atomic E-state index is -0.266. The summed E-state index contributed by atoms with van der Waals surface area (Å²) in [7, 11) is 0. The van der Waals surface area contributed by atoms with E-state index in [9.17, 15) is 18.8 Å². The quantitative estimate of drug-likeness (QED) is 0.703. The van der Waals surface area contributed by atoms with Gasteiger partial charge in [-0.1, -0.05) is 25.0 Å². The number of benzene rings is 1. The van der Waals surface area contributed by atoms with Crippen LogP contribution in [0.15, 0.2) is 24.3 Å². The molecule has 0 aromatic heterocycles. The zero-order chi connectivity index (χ0) is 18.5. The first kappa shape index (κ1) is 18.5. The first-order chi connectivity index (χ1) is 12.5. The predicted octanol–water partition coefficient (Wildman–Crippen LogP) is 2.68. The van der Waals surface area contributed by atoms with Crippen molar-refractivity contribution in [2.24, 2.45) is 0 Å². The van der Waals surface area contributed by atoms with Crippen LogP contribution >= 0.6 is 0 Å². The lowest BCUT2D eigenvalue weighted by molar-refractivity contribution is -0.139. The predicted molar refractivity (Wildman–Crippen MR) is 94.6 cm³/mol. The average Bonchev–Trinajstić information content (AvgIpc) is 3.26. The lowest BCUT2D eigenvalue weighted by atomic mass is 10.1. The Kier molecular flexibility index (Phi) is 6.01. The molecule has 2 aliphatic rings. The van der Waals surface area contributed by atoms with Gasteiger partial charge in [-0.05, 0) is 37.0 Å². The Morgan fingerprint density at radius 3 is 2.31 bits per heavy atom. The van der Waals surface area contributed by atoms with Crippen molar-refractivity contribution in [2.45, 2.75) is 57.4 Å². The van der Waals surface area contributed by atoms with Gasteiger partial charge in [-0.2, -0.15) is 0 Å². The summed E-state index contributed by atoms with van der Waals surface area (Å²) in [6.07, 6.45) is 5.59. The van der Waals surface area contributed by atoms with Crippen LogP contribution in [0.4, 0.5) is 4.39 Å². The molecule has 1 aliphatic heterocycles. The van der Waals surface area contributed by atoms with E-state index >= 15 is 0 Å². The zero-order valence-corrected chi connectivity index (χ0v) is 15.0. The minimum Gasteiger partial charge on any atom is -0.339 e. The molecule has 1 aliphatic carbocycles. The normalized spacial score (nSPS) is 18.0. The Balaban J connectivity index is 1.59. The third kappa shape index (κ3) is 4.48. The van der Waals surface area contributed by atoms with Gasteiger partial charge in [0.25, 0.3) is 0 Å². The smallest absolute Gasteiger partial charge is 0.229 e. The van der Waals surface area contributed by atoms with E-state index in [2.05, 4.69) is 0 Å². The summed E-state index contributed by atoms with van der Waals surface area (Å²) < 4.78 is 13.0. The summed E-state index contributed by atoms with van der Waals surface area (Å²) in [6, 6.07) is 6.58. The van der Waals surface area contributed by atoms with Crippen molar-refractivity contribution in [3.63, 3.8) is 0 Å². The zero-order valence-electron chi connectivity index (χ0n) is 15.0. The van der Waals surface area contributed by atoms with E-state index in [1.165, 1.54) is 17.0 Å². The number of rotatable bonds is 7. The molecule has 26 heavy (non-hydrogen) atoms. The van der Waals surface area contributed by atoms with Gasteiger partial charge in [0.05, 0.1) is 0 Å². The molecule has 0 N–H and O–H groups in total. The van der Waals surface area contributed by atoms with E-state index in [1.807, 2.05) is 4.90 Å². The molecular weight excluding hydrogens is 335 g/mol. The van der Waals surface area contributed by atoms with E-state index in [0.717, 1.165) is 31.2 Å². The number of carbonyl (C=O) groups is 3. The summed E-state index contributed by atoms with van der Waals surface area (Å²) in [5.74, 6) is -0.632. The fraction of sp³-hybridized carbons (Fsp3) is 0.550. The minimum absolute atomic E-state index is 0.00786. The van der Waals surface area contributed by atoms with Gasteiger partial charge >= 0.3 is 0 Å². The first-order valence-corrected chi connectivity index (χ1v) is 9.41. The lowest BCUT2D eigenvalue weighted by Gasteiger charge is -2.30. The van der Waals surface area contributed by atoms with E-state index < -0.39 is 0 Å². The third-order valence-corrected chi connectivity index (χ3v) is 5.34. The molecular formula is C20H25FN2O3. The summed E-state index contributed by atoms with van der Waals surface area (Å²) in [4.78, 5) is 39.3. The SMILES string of the molecule is O=C1CCC(=O)N1CCC(=O)N(CCc1ccc(F)cc1)C1CCCC1. The molecule has 3 rings (SSSR count). The number of likely N-dealkylation sites (tertiary alicyclic amines) is 1. The largest absolute Gasteiger partial charge is 0.339 e. The molecule has 0 radical (unpaired) electrons. The molecule has 1 saturated heterocycles. The maximum atomic E-state index is 13.0. The van der Waals surface area contributed by atoms with Gasteiger partial charge in [0.15, 0.2) is 0 Å². The number of hydrogen-bond donors (Lipinski definition) is 0. The van der Waals surface area contributed by atoms with Crippen LogP contribution in [0, 0.1) is 5.82 Å². The fourth-order valence-electron chi connectivity index (χ4n) is 3.85. The van der Waals surface area contributed by atoms with Crippen molar-refractivity contribution in [2.75, 3.05) is 13.1 Å². The molecule has 0 atom stereocenters. The topological polar surface area (TPSA) is 57.7 Å². The van der Waals surface area contributed by atoms with Gasteiger partial charge in [0.1, 0.15) is 5.82 Å². The van der Waals surface area contributed by atoms with E-state index in [4.69, 9.17) is 0 Å². The standard InChI is InChI=1S/C20H25FN2O3/c21-16-7-5-15(6-8-16)11-13-22(17-3-1-2-4-17)20(26)12-14-23-18(24)9-10-19(23)25/h5-8,17H,1-4,9-14H2. The third-order valence-electron chi connectivity index (χ3n) is 5.34. The van der Waals surface area contributed by atoms with Crippen LogP contribution in [0.25, 0.3) is 0 Å². The number of amides is 3. The summed E-state index contributed by atoms with van der Waals surface area (Å²) in [6.45, 7) is 0.757. The van der Waals surface area contributed by atoms with E-state index in [-0.39, 0.29) is 55.4 Å². The van der Waals surface area contributed by atoms with Crippen LogP contribution in [0.5, 0.6) is 0 Å². The molecule has 1 heterocycles. The molecule has 2 fully saturated rings. The maximum absolute atomic E-state index is 13.0. The second-order valence-electron chi connectivity index (χ2n) is 7.09. The number of imide groups is 1. The molecule has 1 aromatic rings.